The first-order valence-corrected chi connectivity index (χ1v) is 13.2. The van der Waals surface area contributed by atoms with Crippen molar-refractivity contribution in [3.8, 4) is 12.3 Å². The molecule has 222 valence electrons. The molecule has 5 rings (SSSR count). The summed E-state index contributed by atoms with van der Waals surface area (Å²) in [5.74, 6) is -1.20. The van der Waals surface area contributed by atoms with Gasteiger partial charge in [0.15, 0.2) is 28.8 Å². The third-order valence-electron chi connectivity index (χ3n) is 7.07. The van der Waals surface area contributed by atoms with E-state index in [9.17, 15) is 30.0 Å². The quantitative estimate of drug-likeness (QED) is 0.0926. The van der Waals surface area contributed by atoms with Gasteiger partial charge in [0.25, 0.3) is 5.60 Å². The maximum atomic E-state index is 12.2. The third-order valence-corrected chi connectivity index (χ3v) is 7.23. The predicted octanol–water partition coefficient (Wildman–Crippen LogP) is 1.28. The average molecular weight is 609 g/mol. The van der Waals surface area contributed by atoms with Gasteiger partial charge < -0.3 is 35.2 Å². The lowest BCUT2D eigenvalue weighted by molar-refractivity contribution is -0.191. The topological polar surface area (TPSA) is 202 Å². The van der Waals surface area contributed by atoms with Gasteiger partial charge in [0, 0.05) is 25.4 Å². The zero-order valence-corrected chi connectivity index (χ0v) is 23.0. The molecule has 1 saturated heterocycles. The van der Waals surface area contributed by atoms with Crippen LogP contribution in [0.4, 0.5) is 5.82 Å². The summed E-state index contributed by atoms with van der Waals surface area (Å²) in [5, 5.41) is 45.2. The molecule has 0 bridgehead atoms. The number of imidazole rings is 1. The number of rotatable bonds is 11. The molecule has 0 saturated carbocycles. The van der Waals surface area contributed by atoms with Crippen LogP contribution >= 0.6 is 11.6 Å². The molecule has 3 aromatic heterocycles. The number of benzene rings is 1. The molecule has 14 nitrogen and oxygen atoms in total. The van der Waals surface area contributed by atoms with Crippen LogP contribution in [0.1, 0.15) is 17.4 Å². The lowest BCUT2D eigenvalue weighted by Gasteiger charge is -2.30. The molecule has 4 aromatic rings. The number of nitrogens with one attached hydrogen (secondary N) is 1. The molecule has 1 aliphatic rings. The van der Waals surface area contributed by atoms with Gasteiger partial charge in [-0.15, -0.1) is 6.42 Å². The van der Waals surface area contributed by atoms with E-state index in [1.165, 1.54) is 10.9 Å². The number of terminal acetylenes is 1. The first-order valence-electron chi connectivity index (χ1n) is 12.8. The molecule has 0 spiro atoms. The monoisotopic (exact) mass is 608 g/mol. The van der Waals surface area contributed by atoms with Crippen molar-refractivity contribution in [3.63, 3.8) is 0 Å². The van der Waals surface area contributed by atoms with Gasteiger partial charge in [-0.1, -0.05) is 42.3 Å². The molecule has 1 fully saturated rings. The van der Waals surface area contributed by atoms with E-state index >= 15 is 0 Å². The van der Waals surface area contributed by atoms with Crippen LogP contribution in [-0.2, 0) is 32.0 Å². The number of carboxylic acids is 2. The summed E-state index contributed by atoms with van der Waals surface area (Å²) in [7, 11) is 0. The number of halogens is 1. The number of fused-ring (bicyclic) bond motifs is 1. The van der Waals surface area contributed by atoms with Crippen molar-refractivity contribution < 1.29 is 39.5 Å². The normalized spacial score (nSPS) is 21.9. The second-order valence-electron chi connectivity index (χ2n) is 9.72. The van der Waals surface area contributed by atoms with Crippen molar-refractivity contribution >= 4 is 40.5 Å². The number of anilines is 1. The highest BCUT2D eigenvalue weighted by Gasteiger charge is 2.58. The zero-order chi connectivity index (χ0) is 30.8. The lowest BCUT2D eigenvalue weighted by atomic mass is 9.92. The summed E-state index contributed by atoms with van der Waals surface area (Å²) in [4.78, 5) is 41.2. The number of carbonyl (C=O) groups is 2. The second kappa shape index (κ2) is 11.9. The van der Waals surface area contributed by atoms with Crippen LogP contribution < -0.4 is 5.32 Å². The molecule has 0 radical (unpaired) electrons. The Kier molecular flexibility index (Phi) is 8.27. The van der Waals surface area contributed by atoms with E-state index in [1.807, 2.05) is 6.07 Å². The maximum Gasteiger partial charge on any atom is 0.348 e. The number of aliphatic hydroxyl groups is 2. The minimum atomic E-state index is -2.75. The summed E-state index contributed by atoms with van der Waals surface area (Å²) in [6.45, 7) is -0.472. The number of hydrogen-bond acceptors (Lipinski definition) is 11. The summed E-state index contributed by atoms with van der Waals surface area (Å²) in [6, 6.07) is 11.6. The van der Waals surface area contributed by atoms with Crippen molar-refractivity contribution in [2.24, 2.45) is 0 Å². The Hall–Kier alpha value is -4.65. The zero-order valence-electron chi connectivity index (χ0n) is 22.2. The van der Waals surface area contributed by atoms with Gasteiger partial charge in [-0.3, -0.25) is 9.55 Å². The first kappa shape index (κ1) is 29.8. The Bertz CT molecular complexity index is 1670. The molecule has 1 aromatic carbocycles. The van der Waals surface area contributed by atoms with Crippen LogP contribution in [0.2, 0.25) is 5.28 Å². The van der Waals surface area contributed by atoms with Crippen LogP contribution in [0.3, 0.4) is 0 Å². The van der Waals surface area contributed by atoms with E-state index in [-0.39, 0.29) is 22.3 Å². The molecule has 4 heterocycles. The molecule has 0 amide bonds. The first-order chi connectivity index (χ1) is 20.6. The summed E-state index contributed by atoms with van der Waals surface area (Å²) in [5.41, 5.74) is -3.57. The standard InChI is InChI=1S/C28H25ClN6O8/c1-2-27(41)18(14-42-28(24(37)38,25(39)40)11-16-7-4-3-5-8-16)43-23(20(27)36)35-15-32-19-21(33-26(29)34-22(19)35)31-13-17-9-6-10-30-12-17/h1,3-10,12,15,18,20,23,36,41H,11,13-14H2,(H,37,38)(H,39,40)(H,31,33,34)/t18-,20+,23-,27-/m1/s1. The maximum absolute atomic E-state index is 12.2. The van der Waals surface area contributed by atoms with Crippen molar-refractivity contribution in [1.29, 1.82) is 0 Å². The molecule has 43 heavy (non-hydrogen) atoms. The fourth-order valence-corrected chi connectivity index (χ4v) is 4.89. The minimum Gasteiger partial charge on any atom is -0.479 e. The van der Waals surface area contributed by atoms with Crippen molar-refractivity contribution in [1.82, 2.24) is 24.5 Å². The van der Waals surface area contributed by atoms with Gasteiger partial charge in [0.2, 0.25) is 5.28 Å². The van der Waals surface area contributed by atoms with Gasteiger partial charge in [-0.2, -0.15) is 9.97 Å². The molecular formula is C28H25ClN6O8. The van der Waals surface area contributed by atoms with Gasteiger partial charge in [0.05, 0.1) is 12.9 Å². The Morgan fingerprint density at radius 3 is 2.53 bits per heavy atom. The van der Waals surface area contributed by atoms with E-state index < -0.39 is 54.6 Å². The minimum absolute atomic E-state index is 0.119. The van der Waals surface area contributed by atoms with Gasteiger partial charge in [0.1, 0.15) is 12.2 Å². The molecule has 15 heteroatoms. The fraction of sp³-hybridized carbons (Fsp3) is 0.286. The molecule has 0 unspecified atom stereocenters. The Morgan fingerprint density at radius 2 is 1.88 bits per heavy atom. The van der Waals surface area contributed by atoms with E-state index in [4.69, 9.17) is 27.5 Å². The highest BCUT2D eigenvalue weighted by molar-refractivity contribution is 6.28. The largest absolute Gasteiger partial charge is 0.479 e. The molecule has 5 N–H and O–H groups in total. The van der Waals surface area contributed by atoms with Crippen LogP contribution in [0, 0.1) is 12.3 Å². The van der Waals surface area contributed by atoms with Crippen molar-refractivity contribution in [3.05, 3.63) is 77.6 Å². The number of carboxylic acid groups (broad SMARTS) is 2. The predicted molar refractivity (Wildman–Crippen MR) is 150 cm³/mol. The second-order valence-corrected chi connectivity index (χ2v) is 10.1. The number of nitrogens with zero attached hydrogens (tertiary/aromatic N) is 5. The van der Waals surface area contributed by atoms with Gasteiger partial charge in [-0.05, 0) is 28.8 Å². The Morgan fingerprint density at radius 1 is 1.16 bits per heavy atom. The van der Waals surface area contributed by atoms with E-state index in [2.05, 4.69) is 31.2 Å². The van der Waals surface area contributed by atoms with Crippen LogP contribution in [0.15, 0.2) is 61.2 Å². The van der Waals surface area contributed by atoms with Gasteiger partial charge in [-0.25, -0.2) is 14.6 Å². The summed E-state index contributed by atoms with van der Waals surface area (Å²) >= 11 is 6.18. The summed E-state index contributed by atoms with van der Waals surface area (Å²) < 4.78 is 12.6. The van der Waals surface area contributed by atoms with Crippen molar-refractivity contribution in [2.75, 3.05) is 11.9 Å². The molecule has 1 aliphatic heterocycles. The number of ether oxygens (including phenoxy) is 2. The average Bonchev–Trinajstić information content (AvgIpc) is 3.53. The molecule has 4 atom stereocenters. The van der Waals surface area contributed by atoms with Crippen LogP contribution in [-0.4, -0.2) is 86.9 Å². The summed E-state index contributed by atoms with van der Waals surface area (Å²) in [6.07, 6.45) is 4.85. The fourth-order valence-electron chi connectivity index (χ4n) is 4.72. The Labute approximate surface area is 248 Å². The highest BCUT2D eigenvalue weighted by Crippen LogP contribution is 2.39. The van der Waals surface area contributed by atoms with Crippen molar-refractivity contribution in [2.45, 2.75) is 42.6 Å². The Balaban J connectivity index is 1.42. The van der Waals surface area contributed by atoms with E-state index in [1.54, 1.807) is 48.8 Å². The molecular weight excluding hydrogens is 584 g/mol. The third kappa shape index (κ3) is 5.59. The highest BCUT2D eigenvalue weighted by atomic mass is 35.5. The lowest BCUT2D eigenvalue weighted by Crippen LogP contribution is -2.55. The number of aliphatic hydroxyl groups excluding tert-OH is 1. The number of aliphatic carboxylic acids is 2. The van der Waals surface area contributed by atoms with E-state index in [0.717, 1.165) is 5.56 Å². The molecule has 0 aliphatic carbocycles. The number of pyridine rings is 1. The van der Waals surface area contributed by atoms with Crippen LogP contribution in [0.5, 0.6) is 0 Å². The van der Waals surface area contributed by atoms with E-state index in [0.29, 0.717) is 12.1 Å². The van der Waals surface area contributed by atoms with Gasteiger partial charge >= 0.3 is 11.9 Å². The van der Waals surface area contributed by atoms with Crippen LogP contribution in [0.25, 0.3) is 11.2 Å². The number of aromatic nitrogens is 5. The smallest absolute Gasteiger partial charge is 0.348 e. The number of hydrogen-bond donors (Lipinski definition) is 5. The SMILES string of the molecule is C#C[C@@]1(O)[C@@H](COC(Cc2ccccc2)(C(=O)O)C(=O)O)O[C@@H](n2cnc3c(NCc4cccnc4)nc(Cl)nc32)[C@@H]1O.